The lowest BCUT2D eigenvalue weighted by molar-refractivity contribution is 0.432. The Labute approximate surface area is 115 Å². The first-order chi connectivity index (χ1) is 9.58. The molecule has 0 spiro atoms. The van der Waals surface area contributed by atoms with Crippen LogP contribution in [0.1, 0.15) is 16.7 Å². The van der Waals surface area contributed by atoms with Gasteiger partial charge in [-0.25, -0.2) is 4.39 Å². The molecule has 0 atom stereocenters. The van der Waals surface area contributed by atoms with Crippen molar-refractivity contribution in [2.24, 2.45) is 4.99 Å². The molecule has 0 bridgehead atoms. The zero-order chi connectivity index (χ0) is 14.3. The van der Waals surface area contributed by atoms with Crippen LogP contribution < -0.4 is 0 Å². The lowest BCUT2D eigenvalue weighted by atomic mass is 9.99. The van der Waals surface area contributed by atoms with Crippen LogP contribution in [0, 0.1) is 5.82 Å². The summed E-state index contributed by atoms with van der Waals surface area (Å²) in [4.78, 5) is 4.42. The molecule has 100 valence electrons. The molecule has 2 aromatic carbocycles. The minimum atomic E-state index is -0.673. The number of nitrogens with zero attached hydrogens (tertiary/aromatic N) is 1. The Morgan fingerprint density at radius 3 is 2.70 bits per heavy atom. The van der Waals surface area contributed by atoms with Gasteiger partial charge in [-0.15, -0.1) is 0 Å². The molecule has 0 saturated carbocycles. The topological polar surface area (TPSA) is 52.8 Å². The predicted molar refractivity (Wildman–Crippen MR) is 76.2 cm³/mol. The van der Waals surface area contributed by atoms with Gasteiger partial charge in [0.2, 0.25) is 0 Å². The van der Waals surface area contributed by atoms with Crippen LogP contribution in [0.2, 0.25) is 0 Å². The molecule has 0 amide bonds. The van der Waals surface area contributed by atoms with E-state index in [0.717, 1.165) is 11.1 Å². The normalized spacial score (nSPS) is 12.9. The summed E-state index contributed by atoms with van der Waals surface area (Å²) in [6.45, 7) is 3.72. The second-order valence-electron chi connectivity index (χ2n) is 4.64. The summed E-state index contributed by atoms with van der Waals surface area (Å²) in [5.41, 5.74) is 3.77. The molecule has 1 heterocycles. The van der Waals surface area contributed by atoms with Crippen LogP contribution >= 0.6 is 0 Å². The van der Waals surface area contributed by atoms with E-state index in [1.54, 1.807) is 24.3 Å². The van der Waals surface area contributed by atoms with Crippen LogP contribution in [0.4, 0.5) is 10.1 Å². The van der Waals surface area contributed by atoms with E-state index in [2.05, 4.69) is 11.6 Å². The standard InChI is InChI=1S/C16H12FNO2/c1-2-9-5-11(19)7-15-12(9)8-14(18-15)10-3-4-16(20)13(17)6-10/h2-7,19-20H,1,8H2. The molecule has 4 heteroatoms. The molecule has 2 aromatic rings. The summed E-state index contributed by atoms with van der Waals surface area (Å²) in [7, 11) is 0. The third-order valence-electron chi connectivity index (χ3n) is 3.35. The lowest BCUT2D eigenvalue weighted by Crippen LogP contribution is -2.01. The first-order valence-electron chi connectivity index (χ1n) is 6.13. The van der Waals surface area contributed by atoms with Gasteiger partial charge in [-0.3, -0.25) is 4.99 Å². The Balaban J connectivity index is 2.05. The molecule has 0 aromatic heterocycles. The van der Waals surface area contributed by atoms with Crippen LogP contribution in [-0.2, 0) is 6.42 Å². The quantitative estimate of drug-likeness (QED) is 0.875. The number of aliphatic imine (C=N–C) groups is 1. The highest BCUT2D eigenvalue weighted by Gasteiger charge is 2.20. The summed E-state index contributed by atoms with van der Waals surface area (Å²) < 4.78 is 13.4. The molecule has 0 aliphatic carbocycles. The molecule has 0 fully saturated rings. The largest absolute Gasteiger partial charge is 0.508 e. The van der Waals surface area contributed by atoms with Crippen LogP contribution in [0.25, 0.3) is 6.08 Å². The Morgan fingerprint density at radius 2 is 2.00 bits per heavy atom. The van der Waals surface area contributed by atoms with Crippen molar-refractivity contribution in [3.8, 4) is 11.5 Å². The Kier molecular flexibility index (Phi) is 2.79. The predicted octanol–water partition coefficient (Wildman–Crippen LogP) is 3.56. The van der Waals surface area contributed by atoms with Crippen molar-refractivity contribution in [3.63, 3.8) is 0 Å². The molecule has 0 saturated heterocycles. The molecular formula is C16H12FNO2. The van der Waals surface area contributed by atoms with E-state index >= 15 is 0 Å². The Morgan fingerprint density at radius 1 is 1.20 bits per heavy atom. The minimum absolute atomic E-state index is 0.125. The van der Waals surface area contributed by atoms with Crippen molar-refractivity contribution in [2.45, 2.75) is 6.42 Å². The number of hydrogen-bond acceptors (Lipinski definition) is 3. The summed E-state index contributed by atoms with van der Waals surface area (Å²) in [6, 6.07) is 7.39. The average Bonchev–Trinajstić information content (AvgIpc) is 2.84. The highest BCUT2D eigenvalue weighted by Crippen LogP contribution is 2.35. The number of aromatic hydroxyl groups is 2. The first kappa shape index (κ1) is 12.4. The monoisotopic (exact) mass is 269 g/mol. The van der Waals surface area contributed by atoms with Crippen LogP contribution in [0.3, 0.4) is 0 Å². The maximum Gasteiger partial charge on any atom is 0.165 e. The van der Waals surface area contributed by atoms with Gasteiger partial charge in [0.05, 0.1) is 11.4 Å². The van der Waals surface area contributed by atoms with E-state index < -0.39 is 5.82 Å². The number of hydrogen-bond donors (Lipinski definition) is 2. The van der Waals surface area contributed by atoms with Gasteiger partial charge in [-0.1, -0.05) is 12.7 Å². The Hall–Kier alpha value is -2.62. The molecule has 20 heavy (non-hydrogen) atoms. The fourth-order valence-corrected chi connectivity index (χ4v) is 2.34. The van der Waals surface area contributed by atoms with Crippen molar-refractivity contribution >= 4 is 17.5 Å². The van der Waals surface area contributed by atoms with Crippen LogP contribution in [0.15, 0.2) is 41.9 Å². The van der Waals surface area contributed by atoms with Gasteiger partial charge in [-0.05, 0) is 41.0 Å². The van der Waals surface area contributed by atoms with Crippen molar-refractivity contribution in [2.75, 3.05) is 0 Å². The maximum atomic E-state index is 13.4. The van der Waals surface area contributed by atoms with Crippen molar-refractivity contribution < 1.29 is 14.6 Å². The summed E-state index contributed by atoms with van der Waals surface area (Å²) in [6.07, 6.45) is 2.20. The third kappa shape index (κ3) is 1.95. The SMILES string of the molecule is C=Cc1cc(O)cc2c1CC(c1ccc(O)c(F)c1)=N2. The number of phenolic OH excluding ortho intramolecular Hbond substituents is 2. The van der Waals surface area contributed by atoms with Crippen LogP contribution in [-0.4, -0.2) is 15.9 Å². The second-order valence-corrected chi connectivity index (χ2v) is 4.64. The van der Waals surface area contributed by atoms with Gasteiger partial charge in [0.25, 0.3) is 0 Å². The molecule has 0 radical (unpaired) electrons. The Bertz CT molecular complexity index is 750. The number of rotatable bonds is 2. The molecule has 0 unspecified atom stereocenters. The lowest BCUT2D eigenvalue weighted by Gasteiger charge is -2.04. The van der Waals surface area contributed by atoms with E-state index in [1.165, 1.54) is 12.1 Å². The molecule has 3 nitrogen and oxygen atoms in total. The molecule has 1 aliphatic heterocycles. The minimum Gasteiger partial charge on any atom is -0.508 e. The number of fused-ring (bicyclic) bond motifs is 1. The summed E-state index contributed by atoms with van der Waals surface area (Å²) in [5.74, 6) is -0.928. The first-order valence-corrected chi connectivity index (χ1v) is 6.13. The highest BCUT2D eigenvalue weighted by atomic mass is 19.1. The van der Waals surface area contributed by atoms with Gasteiger partial charge in [-0.2, -0.15) is 0 Å². The third-order valence-corrected chi connectivity index (χ3v) is 3.35. The van der Waals surface area contributed by atoms with Gasteiger partial charge >= 0.3 is 0 Å². The van der Waals surface area contributed by atoms with Crippen molar-refractivity contribution in [1.82, 2.24) is 0 Å². The molecular weight excluding hydrogens is 257 g/mol. The van der Waals surface area contributed by atoms with E-state index in [9.17, 15) is 14.6 Å². The fraction of sp³-hybridized carbons (Fsp3) is 0.0625. The maximum absolute atomic E-state index is 13.4. The molecule has 3 rings (SSSR count). The van der Waals surface area contributed by atoms with Gasteiger partial charge in [0.15, 0.2) is 11.6 Å². The van der Waals surface area contributed by atoms with Crippen molar-refractivity contribution in [3.05, 3.63) is 59.4 Å². The number of benzene rings is 2. The number of phenols is 2. The average molecular weight is 269 g/mol. The highest BCUT2D eigenvalue weighted by molar-refractivity contribution is 6.07. The van der Waals surface area contributed by atoms with E-state index in [0.29, 0.717) is 23.4 Å². The summed E-state index contributed by atoms with van der Waals surface area (Å²) >= 11 is 0. The van der Waals surface area contributed by atoms with E-state index in [1.807, 2.05) is 0 Å². The van der Waals surface area contributed by atoms with Gasteiger partial charge < -0.3 is 10.2 Å². The molecule has 1 aliphatic rings. The summed E-state index contributed by atoms with van der Waals surface area (Å²) in [5, 5.41) is 18.9. The zero-order valence-corrected chi connectivity index (χ0v) is 10.6. The van der Waals surface area contributed by atoms with E-state index in [-0.39, 0.29) is 11.5 Å². The zero-order valence-electron chi connectivity index (χ0n) is 10.6. The fourth-order valence-electron chi connectivity index (χ4n) is 2.34. The molecule has 2 N–H and O–H groups in total. The van der Waals surface area contributed by atoms with Crippen molar-refractivity contribution in [1.29, 1.82) is 0 Å². The van der Waals surface area contributed by atoms with E-state index in [4.69, 9.17) is 0 Å². The van der Waals surface area contributed by atoms with Gasteiger partial charge in [0, 0.05) is 12.5 Å². The number of halogens is 1. The van der Waals surface area contributed by atoms with Crippen LogP contribution in [0.5, 0.6) is 11.5 Å². The smallest absolute Gasteiger partial charge is 0.165 e. The second kappa shape index (κ2) is 4.49. The van der Waals surface area contributed by atoms with Gasteiger partial charge in [0.1, 0.15) is 5.75 Å².